The van der Waals surface area contributed by atoms with Gasteiger partial charge >= 0.3 is 6.03 Å². The summed E-state index contributed by atoms with van der Waals surface area (Å²) in [7, 11) is 1.57. The van der Waals surface area contributed by atoms with Crippen molar-refractivity contribution in [2.45, 2.75) is 0 Å². The van der Waals surface area contributed by atoms with Crippen molar-refractivity contribution in [2.75, 3.05) is 29.3 Å². The summed E-state index contributed by atoms with van der Waals surface area (Å²) in [6.07, 6.45) is 1.28. The minimum Gasteiger partial charge on any atom is -0.497 e. The molecule has 3 aromatic carbocycles. The fourth-order valence-corrected chi connectivity index (χ4v) is 3.67. The van der Waals surface area contributed by atoms with Crippen molar-refractivity contribution in [3.8, 4) is 11.5 Å². The number of anilines is 3. The van der Waals surface area contributed by atoms with Gasteiger partial charge in [-0.05, 0) is 48.6 Å². The molecule has 3 amide bonds. The van der Waals surface area contributed by atoms with Gasteiger partial charge in [0.2, 0.25) is 0 Å². The first-order valence-corrected chi connectivity index (χ1v) is 11.1. The van der Waals surface area contributed by atoms with E-state index in [1.54, 1.807) is 55.6 Å². The molecule has 0 radical (unpaired) electrons. The molecule has 0 atom stereocenters. The fraction of sp³-hybridized carbons (Fsp3) is 0.0833. The first kappa shape index (κ1) is 25.1. The highest BCUT2D eigenvalue weighted by molar-refractivity contribution is 7.80. The number of hydrogen-bond donors (Lipinski definition) is 3. The van der Waals surface area contributed by atoms with Crippen molar-refractivity contribution >= 4 is 58.2 Å². The van der Waals surface area contributed by atoms with E-state index in [1.807, 2.05) is 0 Å². The lowest BCUT2D eigenvalue weighted by Crippen LogP contribution is -2.45. The molecule has 4 rings (SSSR count). The molecule has 0 fully saturated rings. The van der Waals surface area contributed by atoms with Crippen molar-refractivity contribution in [2.24, 2.45) is 5.10 Å². The molecule has 1 aliphatic heterocycles. The third-order valence-electron chi connectivity index (χ3n) is 5.06. The summed E-state index contributed by atoms with van der Waals surface area (Å²) in [5, 5.41) is 20.4. The Morgan fingerprint density at radius 1 is 1.14 bits per heavy atom. The van der Waals surface area contributed by atoms with Crippen molar-refractivity contribution in [3.63, 3.8) is 0 Å². The number of methoxy groups -OCH3 is 1. The fourth-order valence-electron chi connectivity index (χ4n) is 3.35. The van der Waals surface area contributed by atoms with E-state index in [-0.39, 0.29) is 23.3 Å². The quantitative estimate of drug-likeness (QED) is 0.192. The van der Waals surface area contributed by atoms with Gasteiger partial charge in [0.25, 0.3) is 11.6 Å². The Hall–Kier alpha value is -5.04. The van der Waals surface area contributed by atoms with Gasteiger partial charge in [-0.3, -0.25) is 19.8 Å². The summed E-state index contributed by atoms with van der Waals surface area (Å²) >= 11 is 5.46. The summed E-state index contributed by atoms with van der Waals surface area (Å²) in [5.41, 5.74) is 4.11. The van der Waals surface area contributed by atoms with Crippen LogP contribution in [0.15, 0.2) is 71.8 Å². The summed E-state index contributed by atoms with van der Waals surface area (Å²) in [4.78, 5) is 36.5. The number of rotatable bonds is 6. The maximum atomic E-state index is 12.6. The molecule has 0 spiro atoms. The molecule has 3 N–H and O–H groups in total. The minimum absolute atomic E-state index is 0.0892. The first-order valence-electron chi connectivity index (χ1n) is 10.7. The molecule has 0 bridgehead atoms. The number of nitro groups is 1. The third kappa shape index (κ3) is 6.15. The molecule has 0 aromatic heterocycles. The van der Waals surface area contributed by atoms with Crippen molar-refractivity contribution in [3.05, 3.63) is 82.4 Å². The first-order chi connectivity index (χ1) is 17.8. The Bertz CT molecular complexity index is 1390. The van der Waals surface area contributed by atoms with Crippen LogP contribution in [0.1, 0.15) is 5.56 Å². The SMILES string of the molecule is COc1ccc(NC(=S)N2C(=O)COc3cc(NC(=O)N/N=C\c4cccc([N+](=O)[O-])c4)ccc32)cc1. The molecule has 37 heavy (non-hydrogen) atoms. The van der Waals surface area contributed by atoms with Gasteiger partial charge < -0.3 is 20.1 Å². The van der Waals surface area contributed by atoms with Crippen LogP contribution in [0.25, 0.3) is 0 Å². The van der Waals surface area contributed by atoms with Crippen LogP contribution in [0.3, 0.4) is 0 Å². The summed E-state index contributed by atoms with van der Waals surface area (Å²) in [6.45, 7) is -0.236. The predicted octanol–water partition coefficient (Wildman–Crippen LogP) is 3.88. The van der Waals surface area contributed by atoms with E-state index in [9.17, 15) is 19.7 Å². The third-order valence-corrected chi connectivity index (χ3v) is 5.35. The number of amides is 3. The van der Waals surface area contributed by atoms with Gasteiger partial charge in [0.05, 0.1) is 23.9 Å². The zero-order chi connectivity index (χ0) is 26.4. The van der Waals surface area contributed by atoms with Gasteiger partial charge in [0.1, 0.15) is 11.5 Å². The van der Waals surface area contributed by atoms with E-state index in [4.69, 9.17) is 21.7 Å². The maximum Gasteiger partial charge on any atom is 0.339 e. The van der Waals surface area contributed by atoms with E-state index in [0.717, 1.165) is 0 Å². The van der Waals surface area contributed by atoms with Gasteiger partial charge in [-0.25, -0.2) is 10.2 Å². The molecule has 1 aliphatic rings. The second kappa shape index (κ2) is 11.1. The summed E-state index contributed by atoms with van der Waals surface area (Å²) in [6, 6.07) is 16.9. The van der Waals surface area contributed by atoms with Crippen LogP contribution in [0.4, 0.5) is 27.5 Å². The number of ether oxygens (including phenoxy) is 2. The van der Waals surface area contributed by atoms with E-state index < -0.39 is 11.0 Å². The lowest BCUT2D eigenvalue weighted by Gasteiger charge is -2.30. The van der Waals surface area contributed by atoms with Crippen LogP contribution >= 0.6 is 12.2 Å². The summed E-state index contributed by atoms with van der Waals surface area (Å²) in [5.74, 6) is 0.673. The Morgan fingerprint density at radius 2 is 1.89 bits per heavy atom. The van der Waals surface area contributed by atoms with E-state index in [2.05, 4.69) is 21.2 Å². The minimum atomic E-state index is -0.651. The highest BCUT2D eigenvalue weighted by Gasteiger charge is 2.29. The average molecular weight is 521 g/mol. The molecule has 0 unspecified atom stereocenters. The second-order valence-corrected chi connectivity index (χ2v) is 7.92. The van der Waals surface area contributed by atoms with Gasteiger partial charge in [-0.1, -0.05) is 12.1 Å². The number of nitrogens with one attached hydrogen (secondary N) is 3. The predicted molar refractivity (Wildman–Crippen MR) is 141 cm³/mol. The van der Waals surface area contributed by atoms with Crippen LogP contribution in [0.2, 0.25) is 0 Å². The van der Waals surface area contributed by atoms with Crippen LogP contribution in [0.5, 0.6) is 11.5 Å². The molecule has 0 saturated carbocycles. The Labute approximate surface area is 216 Å². The average Bonchev–Trinajstić information content (AvgIpc) is 2.89. The normalized spacial score (nSPS) is 12.4. The van der Waals surface area contributed by atoms with Crippen molar-refractivity contribution in [1.82, 2.24) is 5.43 Å². The van der Waals surface area contributed by atoms with E-state index in [1.165, 1.54) is 29.3 Å². The largest absolute Gasteiger partial charge is 0.497 e. The highest BCUT2D eigenvalue weighted by atomic mass is 32.1. The number of carbonyl (C=O) groups is 2. The number of non-ortho nitro benzene ring substituents is 1. The molecule has 3 aromatic rings. The monoisotopic (exact) mass is 520 g/mol. The number of hydrogen-bond acceptors (Lipinski definition) is 8. The zero-order valence-corrected chi connectivity index (χ0v) is 20.2. The number of benzene rings is 3. The Balaban J connectivity index is 1.40. The number of carbonyl (C=O) groups excluding carboxylic acids is 2. The van der Waals surface area contributed by atoms with Gasteiger partial charge in [0.15, 0.2) is 11.7 Å². The van der Waals surface area contributed by atoms with Crippen LogP contribution < -0.4 is 30.4 Å². The van der Waals surface area contributed by atoms with Gasteiger partial charge in [0, 0.05) is 35.1 Å². The summed E-state index contributed by atoms with van der Waals surface area (Å²) < 4.78 is 10.7. The smallest absolute Gasteiger partial charge is 0.339 e. The zero-order valence-electron chi connectivity index (χ0n) is 19.3. The number of nitrogens with zero attached hydrogens (tertiary/aromatic N) is 3. The highest BCUT2D eigenvalue weighted by Crippen LogP contribution is 2.35. The molecular weight excluding hydrogens is 500 g/mol. The maximum absolute atomic E-state index is 12.6. The van der Waals surface area contributed by atoms with Crippen LogP contribution in [0, 0.1) is 10.1 Å². The van der Waals surface area contributed by atoms with E-state index >= 15 is 0 Å². The van der Waals surface area contributed by atoms with Gasteiger partial charge in [-0.2, -0.15) is 5.10 Å². The number of nitro benzene ring substituents is 1. The standard InChI is InChI=1S/C24H20N6O6S/c1-35-19-8-5-16(6-9-19)27-24(37)29-20-10-7-17(12-21(20)36-14-22(29)31)26-23(32)28-25-13-15-3-2-4-18(11-15)30(33)34/h2-13H,14H2,1H3,(H,27,37)(H2,26,28,32)/b25-13-. The molecule has 0 saturated heterocycles. The molecule has 0 aliphatic carbocycles. The van der Waals surface area contributed by atoms with Gasteiger partial charge in [-0.15, -0.1) is 0 Å². The molecule has 12 nitrogen and oxygen atoms in total. The molecule has 13 heteroatoms. The lowest BCUT2D eigenvalue weighted by molar-refractivity contribution is -0.384. The van der Waals surface area contributed by atoms with Crippen LogP contribution in [-0.2, 0) is 4.79 Å². The molecular formula is C24H20N6O6S. The topological polar surface area (TPSA) is 147 Å². The lowest BCUT2D eigenvalue weighted by atomic mass is 10.2. The van der Waals surface area contributed by atoms with Crippen molar-refractivity contribution < 1.29 is 24.0 Å². The molecule has 188 valence electrons. The Kier molecular flexibility index (Phi) is 7.54. The second-order valence-electron chi connectivity index (χ2n) is 7.54. The number of urea groups is 1. The van der Waals surface area contributed by atoms with Crippen molar-refractivity contribution in [1.29, 1.82) is 0 Å². The number of hydrazone groups is 1. The number of thiocarbonyl (C=S) groups is 1. The van der Waals surface area contributed by atoms with E-state index in [0.29, 0.717) is 34.1 Å². The molecule has 1 heterocycles. The van der Waals surface area contributed by atoms with Crippen LogP contribution in [-0.4, -0.2) is 41.9 Å². The Morgan fingerprint density at radius 3 is 2.62 bits per heavy atom. The number of fused-ring (bicyclic) bond motifs is 1.